The molecule has 0 spiro atoms. The summed E-state index contributed by atoms with van der Waals surface area (Å²) in [7, 11) is 0.504. The summed E-state index contributed by atoms with van der Waals surface area (Å²) in [4.78, 5) is 10.5. The van der Waals surface area contributed by atoms with Crippen LogP contribution in [0.2, 0.25) is 0 Å². The Bertz CT molecular complexity index is 414. The van der Waals surface area contributed by atoms with E-state index in [1.54, 1.807) is 14.0 Å². The first-order valence-corrected chi connectivity index (χ1v) is 7.13. The van der Waals surface area contributed by atoms with Crippen LogP contribution in [0.4, 0.5) is 0 Å². The van der Waals surface area contributed by atoms with E-state index in [1.165, 1.54) is 0 Å². The summed E-state index contributed by atoms with van der Waals surface area (Å²) in [6, 6.07) is 7.58. The predicted octanol–water partition coefficient (Wildman–Crippen LogP) is 1.85. The molecular weight excluding hydrogens is 252 g/mol. The highest BCUT2D eigenvalue weighted by Crippen LogP contribution is 2.12. The molecule has 0 aliphatic heterocycles. The molecule has 0 bridgehead atoms. The van der Waals surface area contributed by atoms with Gasteiger partial charge in [-0.05, 0) is 24.1 Å². The van der Waals surface area contributed by atoms with Crippen molar-refractivity contribution in [3.8, 4) is 5.75 Å². The van der Waals surface area contributed by atoms with Crippen LogP contribution in [0.15, 0.2) is 24.3 Å². The average Bonchev–Trinajstić information content (AvgIpc) is 2.35. The van der Waals surface area contributed by atoms with Crippen molar-refractivity contribution in [1.29, 1.82) is 0 Å². The minimum absolute atomic E-state index is 0.0464. The lowest BCUT2D eigenvalue weighted by Gasteiger charge is -2.09. The lowest BCUT2D eigenvalue weighted by atomic mass is 10.2. The van der Waals surface area contributed by atoms with Crippen LogP contribution < -0.4 is 4.74 Å². The predicted molar refractivity (Wildman–Crippen MR) is 71.4 cm³/mol. The maximum absolute atomic E-state index is 11.8. The molecule has 0 radical (unpaired) electrons. The number of aryl methyl sites for hydroxylation is 1. The zero-order valence-corrected chi connectivity index (χ0v) is 11.4. The van der Waals surface area contributed by atoms with Gasteiger partial charge in [0.15, 0.2) is 0 Å². The minimum atomic E-state index is -1.11. The van der Waals surface area contributed by atoms with Crippen molar-refractivity contribution < 1.29 is 18.8 Å². The summed E-state index contributed by atoms with van der Waals surface area (Å²) in [5.74, 6) is 0.375. The molecule has 2 atom stereocenters. The molecule has 0 amide bonds. The standard InChI is InChI=1S/C13H18O4S/c1-10(9-13(14)15)18(16)8-7-11-3-5-12(17-2)6-4-11/h3-6,10H,7-9H2,1-2H3,(H,14,15). The molecule has 1 rings (SSSR count). The first-order chi connectivity index (χ1) is 8.52. The monoisotopic (exact) mass is 270 g/mol. The molecule has 0 heterocycles. The SMILES string of the molecule is COc1ccc(CCS(=O)C(C)CC(=O)O)cc1. The van der Waals surface area contributed by atoms with Crippen LogP contribution in [0.3, 0.4) is 0 Å². The largest absolute Gasteiger partial charge is 0.497 e. The number of ether oxygens (including phenoxy) is 1. The number of benzene rings is 1. The first kappa shape index (κ1) is 14.7. The van der Waals surface area contributed by atoms with Gasteiger partial charge in [0.25, 0.3) is 0 Å². The third-order valence-corrected chi connectivity index (χ3v) is 4.33. The van der Waals surface area contributed by atoms with Crippen molar-refractivity contribution in [3.63, 3.8) is 0 Å². The molecule has 0 aromatic heterocycles. The Balaban J connectivity index is 2.44. The summed E-state index contributed by atoms with van der Waals surface area (Å²) in [5, 5.41) is 8.32. The number of methoxy groups -OCH3 is 1. The molecule has 2 unspecified atom stereocenters. The van der Waals surface area contributed by atoms with Gasteiger partial charge in [-0.2, -0.15) is 0 Å². The third kappa shape index (κ3) is 4.87. The molecule has 0 saturated carbocycles. The summed E-state index contributed by atoms with van der Waals surface area (Å²) in [5.41, 5.74) is 1.08. The van der Waals surface area contributed by atoms with E-state index in [1.807, 2.05) is 24.3 Å². The normalized spacial score (nSPS) is 13.9. The van der Waals surface area contributed by atoms with Crippen LogP contribution >= 0.6 is 0 Å². The molecular formula is C13H18O4S. The third-order valence-electron chi connectivity index (χ3n) is 2.66. The van der Waals surface area contributed by atoms with Gasteiger partial charge in [-0.3, -0.25) is 9.00 Å². The summed E-state index contributed by atoms with van der Waals surface area (Å²) >= 11 is 0. The molecule has 0 aliphatic carbocycles. The highest BCUT2D eigenvalue weighted by atomic mass is 32.2. The van der Waals surface area contributed by atoms with E-state index in [0.717, 1.165) is 11.3 Å². The summed E-state index contributed by atoms with van der Waals surface area (Å²) < 4.78 is 16.8. The number of carbonyl (C=O) groups is 1. The second-order valence-corrected chi connectivity index (χ2v) is 6.07. The number of aliphatic carboxylic acids is 1. The Labute approximate surface area is 109 Å². The zero-order chi connectivity index (χ0) is 13.5. The number of carboxylic acid groups (broad SMARTS) is 1. The Morgan fingerprint density at radius 2 is 2.00 bits per heavy atom. The highest BCUT2D eigenvalue weighted by molar-refractivity contribution is 7.85. The van der Waals surface area contributed by atoms with Gasteiger partial charge in [0.05, 0.1) is 13.5 Å². The first-order valence-electron chi connectivity index (χ1n) is 5.75. The number of hydrogen-bond donors (Lipinski definition) is 1. The van der Waals surface area contributed by atoms with E-state index >= 15 is 0 Å². The van der Waals surface area contributed by atoms with E-state index in [0.29, 0.717) is 12.2 Å². The Morgan fingerprint density at radius 3 is 2.50 bits per heavy atom. The molecule has 4 nitrogen and oxygen atoms in total. The van der Waals surface area contributed by atoms with Crippen molar-refractivity contribution in [2.75, 3.05) is 12.9 Å². The van der Waals surface area contributed by atoms with Gasteiger partial charge in [0, 0.05) is 21.8 Å². The van der Waals surface area contributed by atoms with Crippen molar-refractivity contribution in [1.82, 2.24) is 0 Å². The molecule has 0 aliphatic rings. The van der Waals surface area contributed by atoms with Crippen LogP contribution in [0, 0.1) is 0 Å². The van der Waals surface area contributed by atoms with Crippen molar-refractivity contribution in [2.45, 2.75) is 25.0 Å². The van der Waals surface area contributed by atoms with Crippen LogP contribution in [-0.4, -0.2) is 33.4 Å². The number of hydrogen-bond acceptors (Lipinski definition) is 3. The summed E-state index contributed by atoms with van der Waals surface area (Å²) in [6.07, 6.45) is 0.635. The van der Waals surface area contributed by atoms with Crippen LogP contribution in [0.1, 0.15) is 18.9 Å². The highest BCUT2D eigenvalue weighted by Gasteiger charge is 2.14. The van der Waals surface area contributed by atoms with Gasteiger partial charge in [0.1, 0.15) is 5.75 Å². The van der Waals surface area contributed by atoms with Crippen molar-refractivity contribution in [3.05, 3.63) is 29.8 Å². The molecule has 18 heavy (non-hydrogen) atoms. The van der Waals surface area contributed by atoms with Gasteiger partial charge in [0.2, 0.25) is 0 Å². The Hall–Kier alpha value is -1.36. The lowest BCUT2D eigenvalue weighted by molar-refractivity contribution is -0.136. The minimum Gasteiger partial charge on any atom is -0.497 e. The molecule has 5 heteroatoms. The topological polar surface area (TPSA) is 63.6 Å². The van der Waals surface area contributed by atoms with Gasteiger partial charge < -0.3 is 9.84 Å². The second kappa shape index (κ2) is 7.16. The zero-order valence-electron chi connectivity index (χ0n) is 10.6. The van der Waals surface area contributed by atoms with E-state index in [9.17, 15) is 9.00 Å². The maximum Gasteiger partial charge on any atom is 0.304 e. The number of rotatable bonds is 7. The molecule has 1 N–H and O–H groups in total. The van der Waals surface area contributed by atoms with Gasteiger partial charge >= 0.3 is 5.97 Å². The molecule has 1 aromatic rings. The fourth-order valence-electron chi connectivity index (χ4n) is 1.55. The number of carboxylic acids is 1. The van der Waals surface area contributed by atoms with Gasteiger partial charge in [-0.15, -0.1) is 0 Å². The van der Waals surface area contributed by atoms with E-state index in [-0.39, 0.29) is 11.7 Å². The fraction of sp³-hybridized carbons (Fsp3) is 0.462. The Kier molecular flexibility index (Phi) is 5.85. The van der Waals surface area contributed by atoms with Crippen LogP contribution in [0.5, 0.6) is 5.75 Å². The second-order valence-electron chi connectivity index (χ2n) is 4.09. The van der Waals surface area contributed by atoms with Crippen LogP contribution in [0.25, 0.3) is 0 Å². The lowest BCUT2D eigenvalue weighted by Crippen LogP contribution is -2.19. The quantitative estimate of drug-likeness (QED) is 0.821. The van der Waals surface area contributed by atoms with E-state index < -0.39 is 16.8 Å². The average molecular weight is 270 g/mol. The molecule has 0 fully saturated rings. The summed E-state index contributed by atoms with van der Waals surface area (Å²) in [6.45, 7) is 1.71. The van der Waals surface area contributed by atoms with Gasteiger partial charge in [-0.25, -0.2) is 0 Å². The van der Waals surface area contributed by atoms with E-state index in [2.05, 4.69) is 0 Å². The van der Waals surface area contributed by atoms with Crippen molar-refractivity contribution >= 4 is 16.8 Å². The smallest absolute Gasteiger partial charge is 0.304 e. The van der Waals surface area contributed by atoms with E-state index in [4.69, 9.17) is 9.84 Å². The van der Waals surface area contributed by atoms with Crippen LogP contribution in [-0.2, 0) is 22.0 Å². The fourth-order valence-corrected chi connectivity index (χ4v) is 2.72. The molecule has 0 saturated heterocycles. The van der Waals surface area contributed by atoms with Gasteiger partial charge in [-0.1, -0.05) is 19.1 Å². The molecule has 1 aromatic carbocycles. The maximum atomic E-state index is 11.8. The Morgan fingerprint density at radius 1 is 1.39 bits per heavy atom. The molecule has 100 valence electrons. The van der Waals surface area contributed by atoms with Crippen molar-refractivity contribution in [2.24, 2.45) is 0 Å².